The molecule has 114 valence electrons. The molecule has 0 amide bonds. The fraction of sp³-hybridized carbons (Fsp3) is 0.625. The Hall–Kier alpha value is -1.10. The van der Waals surface area contributed by atoms with Crippen molar-refractivity contribution in [3.63, 3.8) is 0 Å². The van der Waals surface area contributed by atoms with E-state index in [1.807, 2.05) is 19.2 Å². The molecule has 0 bridgehead atoms. The van der Waals surface area contributed by atoms with E-state index in [1.165, 1.54) is 5.56 Å². The Morgan fingerprint density at radius 3 is 2.45 bits per heavy atom. The van der Waals surface area contributed by atoms with Gasteiger partial charge in [0.1, 0.15) is 5.75 Å². The molecule has 0 aliphatic rings. The third-order valence-corrected chi connectivity index (χ3v) is 3.09. The molecule has 1 aromatic rings. The highest BCUT2D eigenvalue weighted by Crippen LogP contribution is 2.13. The predicted octanol–water partition coefficient (Wildman–Crippen LogP) is 2.27. The van der Waals surface area contributed by atoms with Gasteiger partial charge >= 0.3 is 0 Å². The molecule has 1 aromatic carbocycles. The Balaban J connectivity index is 2.15. The summed E-state index contributed by atoms with van der Waals surface area (Å²) in [7, 11) is 3.66. The van der Waals surface area contributed by atoms with Crippen LogP contribution >= 0.6 is 0 Å². The van der Waals surface area contributed by atoms with Crippen LogP contribution in [0.5, 0.6) is 5.75 Å². The molecule has 4 nitrogen and oxygen atoms in total. The lowest BCUT2D eigenvalue weighted by atomic mass is 10.1. The van der Waals surface area contributed by atoms with Crippen molar-refractivity contribution in [3.05, 3.63) is 29.8 Å². The molecular weight excluding hydrogens is 254 g/mol. The van der Waals surface area contributed by atoms with Crippen molar-refractivity contribution < 1.29 is 14.2 Å². The van der Waals surface area contributed by atoms with Gasteiger partial charge in [0, 0.05) is 26.2 Å². The van der Waals surface area contributed by atoms with E-state index >= 15 is 0 Å². The molecule has 0 aliphatic carbocycles. The van der Waals surface area contributed by atoms with Crippen molar-refractivity contribution >= 4 is 0 Å². The van der Waals surface area contributed by atoms with Crippen LogP contribution in [-0.4, -0.2) is 46.6 Å². The van der Waals surface area contributed by atoms with Crippen LogP contribution in [0.3, 0.4) is 0 Å². The second-order valence-corrected chi connectivity index (χ2v) is 4.84. The molecule has 1 N–H and O–H groups in total. The lowest BCUT2D eigenvalue weighted by Crippen LogP contribution is -2.23. The van der Waals surface area contributed by atoms with Crippen molar-refractivity contribution in [2.24, 2.45) is 0 Å². The van der Waals surface area contributed by atoms with Crippen LogP contribution in [0.25, 0.3) is 0 Å². The van der Waals surface area contributed by atoms with Crippen LogP contribution in [0.2, 0.25) is 0 Å². The van der Waals surface area contributed by atoms with E-state index < -0.39 is 0 Å². The first kappa shape index (κ1) is 17.0. The fourth-order valence-electron chi connectivity index (χ4n) is 1.77. The maximum atomic E-state index is 5.67. The fourth-order valence-corrected chi connectivity index (χ4v) is 1.77. The minimum atomic E-state index is 0.492. The summed E-state index contributed by atoms with van der Waals surface area (Å²) in [4.78, 5) is 0. The van der Waals surface area contributed by atoms with Crippen LogP contribution in [0.4, 0.5) is 0 Å². The van der Waals surface area contributed by atoms with E-state index in [0.717, 1.165) is 18.6 Å². The number of benzene rings is 1. The summed E-state index contributed by atoms with van der Waals surface area (Å²) in [5, 5.41) is 3.24. The molecule has 0 saturated heterocycles. The first-order valence-corrected chi connectivity index (χ1v) is 7.22. The highest BCUT2D eigenvalue weighted by atomic mass is 16.5. The van der Waals surface area contributed by atoms with Gasteiger partial charge in [0.2, 0.25) is 0 Å². The molecule has 20 heavy (non-hydrogen) atoms. The summed E-state index contributed by atoms with van der Waals surface area (Å²) in [6.07, 6.45) is 1.92. The van der Waals surface area contributed by atoms with Gasteiger partial charge in [-0.25, -0.2) is 0 Å². The minimum absolute atomic E-state index is 0.492. The van der Waals surface area contributed by atoms with E-state index in [1.54, 1.807) is 7.11 Å². The van der Waals surface area contributed by atoms with Crippen molar-refractivity contribution in [1.82, 2.24) is 5.32 Å². The number of methoxy groups -OCH3 is 1. The zero-order valence-electron chi connectivity index (χ0n) is 12.9. The number of nitrogens with one attached hydrogen (secondary N) is 1. The number of likely N-dealkylation sites (N-methyl/N-ethyl adjacent to an activating group) is 1. The molecule has 0 spiro atoms. The first-order valence-electron chi connectivity index (χ1n) is 7.22. The molecule has 1 unspecified atom stereocenters. The molecule has 4 heteroatoms. The van der Waals surface area contributed by atoms with Crippen molar-refractivity contribution in [1.29, 1.82) is 0 Å². The molecule has 0 heterocycles. The summed E-state index contributed by atoms with van der Waals surface area (Å²) in [5.41, 5.74) is 1.32. The first-order chi connectivity index (χ1) is 9.76. The summed E-state index contributed by atoms with van der Waals surface area (Å²) in [6, 6.07) is 8.80. The molecule has 1 rings (SSSR count). The van der Waals surface area contributed by atoms with Crippen LogP contribution in [-0.2, 0) is 15.9 Å². The smallest absolute Gasteiger partial charge is 0.119 e. The zero-order valence-corrected chi connectivity index (χ0v) is 12.9. The number of hydrogen-bond acceptors (Lipinski definition) is 4. The SMILES string of the molecule is CNC(C)Cc1ccc(OCCCOCCOC)cc1. The quantitative estimate of drug-likeness (QED) is 0.632. The Morgan fingerprint density at radius 1 is 1.05 bits per heavy atom. The Kier molecular flexibility index (Phi) is 9.04. The lowest BCUT2D eigenvalue weighted by molar-refractivity contribution is 0.0644. The Morgan fingerprint density at radius 2 is 1.80 bits per heavy atom. The van der Waals surface area contributed by atoms with Crippen molar-refractivity contribution in [2.75, 3.05) is 40.6 Å². The number of ether oxygens (including phenoxy) is 3. The van der Waals surface area contributed by atoms with Crippen molar-refractivity contribution in [3.8, 4) is 5.75 Å². The normalized spacial score (nSPS) is 12.3. The average Bonchev–Trinajstić information content (AvgIpc) is 2.48. The maximum Gasteiger partial charge on any atom is 0.119 e. The van der Waals surface area contributed by atoms with Gasteiger partial charge < -0.3 is 19.5 Å². The van der Waals surface area contributed by atoms with Crippen molar-refractivity contribution in [2.45, 2.75) is 25.8 Å². The van der Waals surface area contributed by atoms with E-state index in [9.17, 15) is 0 Å². The van der Waals surface area contributed by atoms with Crippen LogP contribution in [0, 0.1) is 0 Å². The summed E-state index contributed by atoms with van der Waals surface area (Å²) in [5.74, 6) is 0.919. The van der Waals surface area contributed by atoms with Gasteiger partial charge in [-0.3, -0.25) is 0 Å². The molecule has 0 fully saturated rings. The highest BCUT2D eigenvalue weighted by molar-refractivity contribution is 5.27. The third-order valence-electron chi connectivity index (χ3n) is 3.09. The van der Waals surface area contributed by atoms with Crippen LogP contribution in [0.15, 0.2) is 24.3 Å². The Bertz CT molecular complexity index is 340. The summed E-state index contributed by atoms with van der Waals surface area (Å²) in [6.45, 7) is 4.86. The molecule has 0 aromatic heterocycles. The van der Waals surface area contributed by atoms with Gasteiger partial charge in [0.05, 0.1) is 19.8 Å². The number of hydrogen-bond donors (Lipinski definition) is 1. The molecule has 0 saturated carbocycles. The average molecular weight is 281 g/mol. The lowest BCUT2D eigenvalue weighted by Gasteiger charge is -2.11. The topological polar surface area (TPSA) is 39.7 Å². The minimum Gasteiger partial charge on any atom is -0.494 e. The van der Waals surface area contributed by atoms with Gasteiger partial charge in [0.15, 0.2) is 0 Å². The number of rotatable bonds is 11. The summed E-state index contributed by atoms with van der Waals surface area (Å²) < 4.78 is 16.0. The molecular formula is C16H27NO3. The third kappa shape index (κ3) is 7.48. The standard InChI is InChI=1S/C16H27NO3/c1-14(17-2)13-15-5-7-16(8-6-15)20-10-4-9-19-12-11-18-3/h5-8,14,17H,4,9-13H2,1-3H3. The van der Waals surface area contributed by atoms with Gasteiger partial charge in [-0.1, -0.05) is 12.1 Å². The maximum absolute atomic E-state index is 5.67. The van der Waals surface area contributed by atoms with E-state index in [-0.39, 0.29) is 0 Å². The van der Waals surface area contributed by atoms with E-state index in [4.69, 9.17) is 14.2 Å². The van der Waals surface area contributed by atoms with Gasteiger partial charge in [-0.2, -0.15) is 0 Å². The Labute approximate surface area is 122 Å². The van der Waals surface area contributed by atoms with Gasteiger partial charge in [0.25, 0.3) is 0 Å². The van der Waals surface area contributed by atoms with Gasteiger partial charge in [-0.05, 0) is 38.1 Å². The molecule has 0 radical (unpaired) electrons. The summed E-state index contributed by atoms with van der Waals surface area (Å²) >= 11 is 0. The monoisotopic (exact) mass is 281 g/mol. The zero-order chi connectivity index (χ0) is 14.6. The van der Waals surface area contributed by atoms with E-state index in [2.05, 4.69) is 24.4 Å². The van der Waals surface area contributed by atoms with Crippen LogP contribution in [0.1, 0.15) is 18.9 Å². The second-order valence-electron chi connectivity index (χ2n) is 4.84. The van der Waals surface area contributed by atoms with E-state index in [0.29, 0.717) is 32.5 Å². The van der Waals surface area contributed by atoms with Crippen LogP contribution < -0.4 is 10.1 Å². The predicted molar refractivity (Wildman–Crippen MR) is 81.5 cm³/mol. The molecule has 0 aliphatic heterocycles. The van der Waals surface area contributed by atoms with Gasteiger partial charge in [-0.15, -0.1) is 0 Å². The highest BCUT2D eigenvalue weighted by Gasteiger charge is 2.01. The second kappa shape index (κ2) is 10.7. The largest absolute Gasteiger partial charge is 0.494 e. The molecule has 1 atom stereocenters.